The number of nitrogens with one attached hydrogen (secondary N) is 1. The quantitative estimate of drug-likeness (QED) is 0.794. The number of methoxy groups -OCH3 is 1. The van der Waals surface area contributed by atoms with E-state index in [-0.39, 0.29) is 17.7 Å². The fraction of sp³-hybridized carbons (Fsp3) is 0.333. The maximum atomic E-state index is 12.5. The lowest BCUT2D eigenvalue weighted by molar-refractivity contribution is -0.119. The molecule has 2 aromatic rings. The zero-order valence-corrected chi connectivity index (χ0v) is 16.8. The second kappa shape index (κ2) is 8.44. The fourth-order valence-electron chi connectivity index (χ4n) is 2.66. The van der Waals surface area contributed by atoms with Crippen molar-refractivity contribution in [2.75, 3.05) is 7.11 Å². The van der Waals surface area contributed by atoms with E-state index in [1.165, 1.54) is 7.11 Å². The minimum Gasteiger partial charge on any atom is -0.495 e. The lowest BCUT2D eigenvalue weighted by Crippen LogP contribution is -2.45. The fourth-order valence-corrected chi connectivity index (χ4v) is 2.94. The van der Waals surface area contributed by atoms with Crippen LogP contribution in [-0.4, -0.2) is 25.0 Å². The highest BCUT2D eigenvalue weighted by atomic mass is 35.5. The van der Waals surface area contributed by atoms with Gasteiger partial charge in [0.1, 0.15) is 11.8 Å². The predicted molar refractivity (Wildman–Crippen MR) is 107 cm³/mol. The molecule has 0 aliphatic heterocycles. The van der Waals surface area contributed by atoms with Gasteiger partial charge in [-0.05, 0) is 40.8 Å². The van der Waals surface area contributed by atoms with Crippen LogP contribution in [-0.2, 0) is 16.6 Å². The Morgan fingerprint density at radius 2 is 1.78 bits per heavy atom. The predicted octanol–water partition coefficient (Wildman–Crippen LogP) is 3.47. The van der Waals surface area contributed by atoms with Crippen molar-refractivity contribution in [3.63, 3.8) is 0 Å². The van der Waals surface area contributed by atoms with Gasteiger partial charge in [-0.3, -0.25) is 9.59 Å². The molecule has 6 heteroatoms. The number of ether oxygens (including phenoxy) is 1. The summed E-state index contributed by atoms with van der Waals surface area (Å²) in [6, 6.07) is 11.7. The first-order valence-corrected chi connectivity index (χ1v) is 9.02. The van der Waals surface area contributed by atoms with Crippen LogP contribution in [0.2, 0.25) is 5.02 Å². The SMILES string of the molecule is COc1ccc(C[C@@H](NC(=O)c2ccc(C(C)(C)C)cc2)C(N)=O)cc1Cl. The van der Waals surface area contributed by atoms with Gasteiger partial charge >= 0.3 is 0 Å². The lowest BCUT2D eigenvalue weighted by Gasteiger charge is -2.20. The molecule has 0 unspecified atom stereocenters. The average molecular weight is 389 g/mol. The number of carbonyl (C=O) groups excluding carboxylic acids is 2. The van der Waals surface area contributed by atoms with Crippen molar-refractivity contribution in [2.24, 2.45) is 5.73 Å². The molecule has 1 atom stereocenters. The second-order valence-corrected chi connectivity index (χ2v) is 7.84. The molecular weight excluding hydrogens is 364 g/mol. The lowest BCUT2D eigenvalue weighted by atomic mass is 9.86. The highest BCUT2D eigenvalue weighted by Gasteiger charge is 2.21. The molecule has 0 bridgehead atoms. The van der Waals surface area contributed by atoms with Crippen molar-refractivity contribution in [1.29, 1.82) is 0 Å². The third kappa shape index (κ3) is 5.47. The third-order valence-electron chi connectivity index (χ3n) is 4.32. The summed E-state index contributed by atoms with van der Waals surface area (Å²) in [4.78, 5) is 24.3. The first kappa shape index (κ1) is 20.8. The largest absolute Gasteiger partial charge is 0.495 e. The van der Waals surface area contributed by atoms with Crippen LogP contribution in [0.15, 0.2) is 42.5 Å². The summed E-state index contributed by atoms with van der Waals surface area (Å²) in [5.74, 6) is -0.417. The van der Waals surface area contributed by atoms with Gasteiger partial charge in [0.25, 0.3) is 5.91 Å². The van der Waals surface area contributed by atoms with Gasteiger partial charge in [0.05, 0.1) is 12.1 Å². The molecule has 0 heterocycles. The number of amides is 2. The van der Waals surface area contributed by atoms with E-state index >= 15 is 0 Å². The van der Waals surface area contributed by atoms with Gasteiger partial charge in [0, 0.05) is 12.0 Å². The van der Waals surface area contributed by atoms with E-state index in [0.29, 0.717) is 16.3 Å². The summed E-state index contributed by atoms with van der Waals surface area (Å²) in [6.07, 6.45) is 0.241. The molecule has 2 aromatic carbocycles. The summed E-state index contributed by atoms with van der Waals surface area (Å²) in [7, 11) is 1.53. The number of primary amides is 1. The minimum atomic E-state index is -0.843. The Labute approximate surface area is 164 Å². The Balaban J connectivity index is 2.12. The topological polar surface area (TPSA) is 81.4 Å². The maximum Gasteiger partial charge on any atom is 0.251 e. The maximum absolute atomic E-state index is 12.5. The molecule has 0 aliphatic carbocycles. The van der Waals surface area contributed by atoms with E-state index < -0.39 is 11.9 Å². The Bertz CT molecular complexity index is 826. The Morgan fingerprint density at radius 1 is 1.15 bits per heavy atom. The van der Waals surface area contributed by atoms with E-state index in [0.717, 1.165) is 11.1 Å². The number of halogens is 1. The average Bonchev–Trinajstić information content (AvgIpc) is 2.60. The highest BCUT2D eigenvalue weighted by molar-refractivity contribution is 6.32. The van der Waals surface area contributed by atoms with Crippen LogP contribution in [0.1, 0.15) is 42.3 Å². The van der Waals surface area contributed by atoms with E-state index in [9.17, 15) is 9.59 Å². The van der Waals surface area contributed by atoms with Crippen LogP contribution in [0.5, 0.6) is 5.75 Å². The molecule has 5 nitrogen and oxygen atoms in total. The van der Waals surface area contributed by atoms with Gasteiger partial charge in [-0.2, -0.15) is 0 Å². The Morgan fingerprint density at radius 3 is 2.26 bits per heavy atom. The monoisotopic (exact) mass is 388 g/mol. The molecule has 2 amide bonds. The number of hydrogen-bond acceptors (Lipinski definition) is 3. The first-order chi connectivity index (χ1) is 12.6. The molecule has 3 N–H and O–H groups in total. The Kier molecular flexibility index (Phi) is 6.50. The second-order valence-electron chi connectivity index (χ2n) is 7.43. The smallest absolute Gasteiger partial charge is 0.251 e. The molecule has 0 aromatic heterocycles. The van der Waals surface area contributed by atoms with Crippen molar-refractivity contribution < 1.29 is 14.3 Å². The summed E-state index contributed by atoms with van der Waals surface area (Å²) in [6.45, 7) is 6.31. The number of rotatable bonds is 6. The van der Waals surface area contributed by atoms with E-state index in [2.05, 4.69) is 26.1 Å². The van der Waals surface area contributed by atoms with Crippen molar-refractivity contribution >= 4 is 23.4 Å². The van der Waals surface area contributed by atoms with Gasteiger partial charge in [0.15, 0.2) is 0 Å². The molecule has 27 heavy (non-hydrogen) atoms. The Hall–Kier alpha value is -2.53. The van der Waals surface area contributed by atoms with Crippen LogP contribution in [0.3, 0.4) is 0 Å². The van der Waals surface area contributed by atoms with Crippen LogP contribution in [0.25, 0.3) is 0 Å². The first-order valence-electron chi connectivity index (χ1n) is 8.65. The summed E-state index contributed by atoms with van der Waals surface area (Å²) >= 11 is 6.12. The highest BCUT2D eigenvalue weighted by Crippen LogP contribution is 2.25. The standard InChI is InChI=1S/C21H25ClN2O3/c1-21(2,3)15-8-6-14(7-9-15)20(26)24-17(19(23)25)12-13-5-10-18(27-4)16(22)11-13/h5-11,17H,12H2,1-4H3,(H2,23,25)(H,24,26)/t17-/m1/s1. The number of hydrogen-bond donors (Lipinski definition) is 2. The molecule has 0 spiro atoms. The van der Waals surface area contributed by atoms with E-state index in [1.54, 1.807) is 30.3 Å². The van der Waals surface area contributed by atoms with Crippen molar-refractivity contribution in [3.8, 4) is 5.75 Å². The molecular formula is C21H25ClN2O3. The van der Waals surface area contributed by atoms with Crippen molar-refractivity contribution in [2.45, 2.75) is 38.6 Å². The number of nitrogens with two attached hydrogens (primary N) is 1. The minimum absolute atomic E-state index is 0.00159. The summed E-state index contributed by atoms with van der Waals surface area (Å²) in [5, 5.41) is 3.13. The van der Waals surface area contributed by atoms with Crippen LogP contribution in [0.4, 0.5) is 0 Å². The number of carbonyl (C=O) groups is 2. The molecule has 0 aliphatic rings. The summed E-state index contributed by atoms with van der Waals surface area (Å²) in [5.41, 5.74) is 7.84. The third-order valence-corrected chi connectivity index (χ3v) is 4.61. The molecule has 0 radical (unpaired) electrons. The zero-order chi connectivity index (χ0) is 20.2. The van der Waals surface area contributed by atoms with Gasteiger partial charge in [-0.25, -0.2) is 0 Å². The van der Waals surface area contributed by atoms with Gasteiger partial charge in [0.2, 0.25) is 5.91 Å². The molecule has 0 saturated heterocycles. The van der Waals surface area contributed by atoms with Crippen molar-refractivity contribution in [3.05, 3.63) is 64.2 Å². The van der Waals surface area contributed by atoms with Gasteiger partial charge in [-0.15, -0.1) is 0 Å². The van der Waals surface area contributed by atoms with Crippen LogP contribution >= 0.6 is 11.6 Å². The van der Waals surface area contributed by atoms with Crippen LogP contribution in [0, 0.1) is 0 Å². The van der Waals surface area contributed by atoms with E-state index in [1.807, 2.05) is 12.1 Å². The molecule has 0 fully saturated rings. The van der Waals surface area contributed by atoms with Crippen molar-refractivity contribution in [1.82, 2.24) is 5.32 Å². The zero-order valence-electron chi connectivity index (χ0n) is 16.0. The summed E-state index contributed by atoms with van der Waals surface area (Å²) < 4.78 is 5.11. The molecule has 0 saturated carbocycles. The van der Waals surface area contributed by atoms with Crippen LogP contribution < -0.4 is 15.8 Å². The van der Waals surface area contributed by atoms with Gasteiger partial charge in [-0.1, -0.05) is 50.6 Å². The normalized spacial score (nSPS) is 12.3. The molecule has 2 rings (SSSR count). The molecule has 144 valence electrons. The number of benzene rings is 2. The van der Waals surface area contributed by atoms with Gasteiger partial charge < -0.3 is 15.8 Å². The van der Waals surface area contributed by atoms with E-state index in [4.69, 9.17) is 22.1 Å².